The van der Waals surface area contributed by atoms with Gasteiger partial charge in [-0.3, -0.25) is 4.79 Å². The Morgan fingerprint density at radius 2 is 1.42 bits per heavy atom. The number of ketones is 1. The Balaban J connectivity index is 1.81. The zero-order valence-corrected chi connectivity index (χ0v) is 13.4. The van der Waals surface area contributed by atoms with Crippen molar-refractivity contribution in [2.24, 2.45) is 7.05 Å². The first-order valence-corrected chi connectivity index (χ1v) is 7.99. The van der Waals surface area contributed by atoms with Gasteiger partial charge in [0.05, 0.1) is 0 Å². The molecule has 116 valence electrons. The van der Waals surface area contributed by atoms with E-state index in [9.17, 15) is 4.79 Å². The molecule has 0 aliphatic carbocycles. The third-order valence-corrected chi connectivity index (χ3v) is 4.41. The lowest BCUT2D eigenvalue weighted by molar-refractivity contribution is 0.103. The van der Waals surface area contributed by atoms with Gasteiger partial charge in [-0.1, -0.05) is 60.7 Å². The van der Waals surface area contributed by atoms with Crippen LogP contribution in [0.3, 0.4) is 0 Å². The van der Waals surface area contributed by atoms with E-state index in [2.05, 4.69) is 29.8 Å². The minimum absolute atomic E-state index is 0.0580. The smallest absolute Gasteiger partial charge is 0.193 e. The Morgan fingerprint density at radius 1 is 0.750 bits per heavy atom. The molecule has 0 amide bonds. The molecule has 4 rings (SSSR count). The molecular weight excluding hydrogens is 294 g/mol. The molecule has 0 saturated heterocycles. The van der Waals surface area contributed by atoms with Crippen molar-refractivity contribution in [3.05, 3.63) is 96.1 Å². The van der Waals surface area contributed by atoms with Crippen LogP contribution >= 0.6 is 0 Å². The van der Waals surface area contributed by atoms with Crippen LogP contribution in [0.1, 0.15) is 15.9 Å². The van der Waals surface area contributed by atoms with Crippen LogP contribution in [0.2, 0.25) is 0 Å². The van der Waals surface area contributed by atoms with Crippen molar-refractivity contribution >= 4 is 16.7 Å². The number of fused-ring (bicyclic) bond motifs is 1. The first kappa shape index (κ1) is 14.5. The van der Waals surface area contributed by atoms with Gasteiger partial charge >= 0.3 is 0 Å². The summed E-state index contributed by atoms with van der Waals surface area (Å²) in [6.07, 6.45) is 0. The fourth-order valence-corrected chi connectivity index (χ4v) is 3.13. The molecule has 1 heterocycles. The van der Waals surface area contributed by atoms with Gasteiger partial charge in [0.15, 0.2) is 5.78 Å². The molecule has 0 fully saturated rings. The maximum absolute atomic E-state index is 12.6. The van der Waals surface area contributed by atoms with Crippen molar-refractivity contribution in [2.45, 2.75) is 0 Å². The van der Waals surface area contributed by atoms with Gasteiger partial charge in [0.1, 0.15) is 0 Å². The molecule has 4 aromatic rings. The maximum atomic E-state index is 12.6. The number of hydrogen-bond donors (Lipinski definition) is 0. The van der Waals surface area contributed by atoms with E-state index in [1.807, 2.05) is 66.7 Å². The number of nitrogens with zero attached hydrogens (tertiary/aromatic N) is 1. The second-order valence-corrected chi connectivity index (χ2v) is 5.92. The summed E-state index contributed by atoms with van der Waals surface area (Å²) in [5.41, 5.74) is 4.88. The van der Waals surface area contributed by atoms with E-state index >= 15 is 0 Å². The molecule has 0 unspecified atom stereocenters. The molecule has 24 heavy (non-hydrogen) atoms. The third-order valence-electron chi connectivity index (χ3n) is 4.41. The molecule has 0 aliphatic heterocycles. The largest absolute Gasteiger partial charge is 0.344 e. The van der Waals surface area contributed by atoms with E-state index < -0.39 is 0 Å². The van der Waals surface area contributed by atoms with Crippen LogP contribution in [0.5, 0.6) is 0 Å². The predicted octanol–water partition coefficient (Wildman–Crippen LogP) is 5.08. The number of carbonyl (C=O) groups excluding carboxylic acids is 1. The van der Waals surface area contributed by atoms with E-state index in [1.54, 1.807) is 0 Å². The van der Waals surface area contributed by atoms with Gasteiger partial charge in [-0.15, -0.1) is 0 Å². The van der Waals surface area contributed by atoms with Crippen LogP contribution in [0, 0.1) is 0 Å². The molecule has 3 aromatic carbocycles. The highest BCUT2D eigenvalue weighted by Crippen LogP contribution is 2.28. The van der Waals surface area contributed by atoms with Crippen LogP contribution in [0.15, 0.2) is 84.9 Å². The van der Waals surface area contributed by atoms with Gasteiger partial charge in [-0.2, -0.15) is 0 Å². The first-order valence-electron chi connectivity index (χ1n) is 7.99. The fourth-order valence-electron chi connectivity index (χ4n) is 3.13. The normalized spacial score (nSPS) is 10.9. The number of hydrogen-bond acceptors (Lipinski definition) is 1. The standard InChI is InChI=1S/C22H17NO/c1-23-20-13-12-18(22(24)17-10-6-3-7-11-17)14-19(20)15-21(23)16-8-4-2-5-9-16/h2-15H,1H3. The van der Waals surface area contributed by atoms with Gasteiger partial charge in [0.25, 0.3) is 0 Å². The molecule has 0 spiro atoms. The number of rotatable bonds is 3. The molecule has 0 saturated carbocycles. The van der Waals surface area contributed by atoms with Crippen LogP contribution < -0.4 is 0 Å². The zero-order chi connectivity index (χ0) is 16.5. The van der Waals surface area contributed by atoms with E-state index in [-0.39, 0.29) is 5.78 Å². The van der Waals surface area contributed by atoms with Crippen LogP contribution in [-0.4, -0.2) is 10.4 Å². The number of carbonyl (C=O) groups is 1. The highest BCUT2D eigenvalue weighted by molar-refractivity contribution is 6.10. The average Bonchev–Trinajstić information content (AvgIpc) is 2.99. The van der Waals surface area contributed by atoms with Crippen molar-refractivity contribution in [2.75, 3.05) is 0 Å². The van der Waals surface area contributed by atoms with Crippen molar-refractivity contribution in [1.82, 2.24) is 4.57 Å². The van der Waals surface area contributed by atoms with Crippen LogP contribution in [0.4, 0.5) is 0 Å². The van der Waals surface area contributed by atoms with E-state index in [4.69, 9.17) is 0 Å². The summed E-state index contributed by atoms with van der Waals surface area (Å²) in [7, 11) is 2.06. The summed E-state index contributed by atoms with van der Waals surface area (Å²) in [4.78, 5) is 12.6. The van der Waals surface area contributed by atoms with Gasteiger partial charge in [-0.25, -0.2) is 0 Å². The van der Waals surface area contributed by atoms with Crippen molar-refractivity contribution in [3.8, 4) is 11.3 Å². The second-order valence-electron chi connectivity index (χ2n) is 5.92. The monoisotopic (exact) mass is 311 g/mol. The molecular formula is C22H17NO. The summed E-state index contributed by atoms with van der Waals surface area (Å²) in [5.74, 6) is 0.0580. The maximum Gasteiger partial charge on any atom is 0.193 e. The Hall–Kier alpha value is -3.13. The number of aryl methyl sites for hydroxylation is 1. The molecule has 0 aliphatic rings. The summed E-state index contributed by atoms with van der Waals surface area (Å²) in [6.45, 7) is 0. The van der Waals surface area contributed by atoms with Crippen molar-refractivity contribution in [1.29, 1.82) is 0 Å². The second kappa shape index (κ2) is 5.82. The highest BCUT2D eigenvalue weighted by atomic mass is 16.1. The van der Waals surface area contributed by atoms with Gasteiger partial charge < -0.3 is 4.57 Å². The van der Waals surface area contributed by atoms with E-state index in [0.29, 0.717) is 0 Å². The van der Waals surface area contributed by atoms with Crippen molar-refractivity contribution < 1.29 is 4.79 Å². The minimum atomic E-state index is 0.0580. The molecule has 0 radical (unpaired) electrons. The first-order chi connectivity index (χ1) is 11.7. The predicted molar refractivity (Wildman–Crippen MR) is 98.2 cm³/mol. The van der Waals surface area contributed by atoms with Crippen molar-refractivity contribution in [3.63, 3.8) is 0 Å². The number of benzene rings is 3. The number of aromatic nitrogens is 1. The summed E-state index contributed by atoms with van der Waals surface area (Å²) < 4.78 is 2.17. The average molecular weight is 311 g/mol. The Kier molecular flexibility index (Phi) is 3.51. The molecule has 0 atom stereocenters. The minimum Gasteiger partial charge on any atom is -0.344 e. The van der Waals surface area contributed by atoms with E-state index in [0.717, 1.165) is 27.7 Å². The third kappa shape index (κ3) is 2.42. The summed E-state index contributed by atoms with van der Waals surface area (Å²) in [6, 6.07) is 27.8. The highest BCUT2D eigenvalue weighted by Gasteiger charge is 2.12. The quantitative estimate of drug-likeness (QED) is 0.484. The van der Waals surface area contributed by atoms with Gasteiger partial charge in [-0.05, 0) is 29.8 Å². The Morgan fingerprint density at radius 3 is 2.12 bits per heavy atom. The van der Waals surface area contributed by atoms with E-state index in [1.165, 1.54) is 5.56 Å². The molecule has 2 heteroatoms. The molecule has 1 aromatic heterocycles. The van der Waals surface area contributed by atoms with Crippen LogP contribution in [-0.2, 0) is 7.05 Å². The lowest BCUT2D eigenvalue weighted by Gasteiger charge is -2.04. The SMILES string of the molecule is Cn1c(-c2ccccc2)cc2cc(C(=O)c3ccccc3)ccc21. The van der Waals surface area contributed by atoms with Gasteiger partial charge in [0.2, 0.25) is 0 Å². The van der Waals surface area contributed by atoms with Crippen LogP contribution in [0.25, 0.3) is 22.2 Å². The lowest BCUT2D eigenvalue weighted by Crippen LogP contribution is -2.00. The molecule has 2 nitrogen and oxygen atoms in total. The fraction of sp³-hybridized carbons (Fsp3) is 0.0455. The van der Waals surface area contributed by atoms with Gasteiger partial charge in [0, 0.05) is 34.8 Å². The Bertz CT molecular complexity index is 1010. The Labute approximate surface area is 141 Å². The molecule has 0 N–H and O–H groups in total. The summed E-state index contributed by atoms with van der Waals surface area (Å²) >= 11 is 0. The topological polar surface area (TPSA) is 22.0 Å². The summed E-state index contributed by atoms with van der Waals surface area (Å²) in [5, 5.41) is 1.08. The lowest BCUT2D eigenvalue weighted by atomic mass is 10.0. The molecule has 0 bridgehead atoms. The zero-order valence-electron chi connectivity index (χ0n) is 13.4.